The second-order valence-electron chi connectivity index (χ2n) is 7.64. The molecule has 1 aliphatic rings. The van der Waals surface area contributed by atoms with Gasteiger partial charge in [-0.15, -0.1) is 0 Å². The topological polar surface area (TPSA) is 64.8 Å². The number of methoxy groups -OCH3 is 1. The average molecular weight is 386 g/mol. The first-order valence-electron chi connectivity index (χ1n) is 9.41. The fourth-order valence-corrected chi connectivity index (χ4v) is 3.94. The average Bonchev–Trinajstić information content (AvgIpc) is 2.67. The molecule has 1 saturated heterocycles. The molecule has 2 aromatic rings. The Morgan fingerprint density at radius 3 is 2.43 bits per heavy atom. The van der Waals surface area contributed by atoms with Crippen LogP contribution < -0.4 is 10.5 Å². The molecule has 2 atom stereocenters. The summed E-state index contributed by atoms with van der Waals surface area (Å²) in [4.78, 5) is 14.1. The zero-order valence-electron chi connectivity index (χ0n) is 16.5. The van der Waals surface area contributed by atoms with Crippen molar-refractivity contribution in [3.05, 3.63) is 65.5 Å². The summed E-state index contributed by atoms with van der Waals surface area (Å²) >= 11 is 0. The fraction of sp³-hybridized carbons (Fsp3) is 0.409. The molecule has 1 fully saturated rings. The summed E-state index contributed by atoms with van der Waals surface area (Å²) in [5, 5.41) is 0. The maximum Gasteiger partial charge on any atom is 0.315 e. The molecule has 1 aliphatic heterocycles. The predicted octanol–water partition coefficient (Wildman–Crippen LogP) is 4.07. The van der Waals surface area contributed by atoms with Gasteiger partial charge < -0.3 is 20.1 Å². The van der Waals surface area contributed by atoms with E-state index in [9.17, 15) is 9.18 Å². The number of carbonyl (C=O) groups excluding carboxylic acids is 1. The number of urea groups is 1. The van der Waals surface area contributed by atoms with Crippen LogP contribution in [-0.4, -0.2) is 36.3 Å². The first-order valence-corrected chi connectivity index (χ1v) is 9.41. The third-order valence-corrected chi connectivity index (χ3v) is 5.52. The molecule has 1 heterocycles. The molecule has 2 aromatic carbocycles. The Kier molecular flexibility index (Phi) is 5.89. The molecule has 0 saturated carbocycles. The maximum absolute atomic E-state index is 13.1. The minimum Gasteiger partial charge on any atom is -0.497 e. The lowest BCUT2D eigenvalue weighted by atomic mass is 9.86. The Morgan fingerprint density at radius 2 is 1.86 bits per heavy atom. The van der Waals surface area contributed by atoms with Gasteiger partial charge in [0.15, 0.2) is 0 Å². The number of hydrogen-bond acceptors (Lipinski definition) is 3. The molecule has 0 radical (unpaired) electrons. The quantitative estimate of drug-likeness (QED) is 0.843. The second-order valence-corrected chi connectivity index (χ2v) is 7.64. The SMILES string of the molecule is COc1ccc(C2COC(CCc3ccc(F)cc3)C(C)(C)N2C(N)=O)cc1. The van der Waals surface area contributed by atoms with Gasteiger partial charge in [-0.1, -0.05) is 24.3 Å². The van der Waals surface area contributed by atoms with E-state index in [2.05, 4.69) is 0 Å². The molecule has 2 unspecified atom stereocenters. The van der Waals surface area contributed by atoms with E-state index in [-0.39, 0.29) is 18.0 Å². The third kappa shape index (κ3) is 4.12. The molecular formula is C22H27FN2O3. The van der Waals surface area contributed by atoms with Gasteiger partial charge in [0, 0.05) is 0 Å². The molecular weight excluding hydrogens is 359 g/mol. The van der Waals surface area contributed by atoms with Gasteiger partial charge in [0.1, 0.15) is 11.6 Å². The minimum atomic E-state index is -0.589. The number of hydrogen-bond donors (Lipinski definition) is 1. The third-order valence-electron chi connectivity index (χ3n) is 5.52. The Labute approximate surface area is 165 Å². The highest BCUT2D eigenvalue weighted by molar-refractivity contribution is 5.74. The highest BCUT2D eigenvalue weighted by Crippen LogP contribution is 2.38. The first kappa shape index (κ1) is 20.1. The number of halogens is 1. The van der Waals surface area contributed by atoms with Gasteiger partial charge >= 0.3 is 6.03 Å². The van der Waals surface area contributed by atoms with Gasteiger partial charge in [-0.2, -0.15) is 0 Å². The van der Waals surface area contributed by atoms with Crippen LogP contribution in [0.3, 0.4) is 0 Å². The Hall–Kier alpha value is -2.60. The van der Waals surface area contributed by atoms with Crippen LogP contribution in [0.15, 0.2) is 48.5 Å². The van der Waals surface area contributed by atoms with E-state index in [1.807, 2.05) is 38.1 Å². The van der Waals surface area contributed by atoms with E-state index in [0.29, 0.717) is 13.0 Å². The van der Waals surface area contributed by atoms with Crippen LogP contribution in [0.1, 0.15) is 37.4 Å². The van der Waals surface area contributed by atoms with Crippen molar-refractivity contribution in [1.82, 2.24) is 4.90 Å². The molecule has 150 valence electrons. The van der Waals surface area contributed by atoms with Crippen molar-refractivity contribution in [2.45, 2.75) is 44.4 Å². The van der Waals surface area contributed by atoms with Gasteiger partial charge in [-0.05, 0) is 62.1 Å². The highest BCUT2D eigenvalue weighted by Gasteiger charge is 2.46. The van der Waals surface area contributed by atoms with Gasteiger partial charge in [-0.25, -0.2) is 9.18 Å². The molecule has 5 nitrogen and oxygen atoms in total. The lowest BCUT2D eigenvalue weighted by Crippen LogP contribution is -2.63. The number of primary amides is 1. The number of nitrogens with zero attached hydrogens (tertiary/aromatic N) is 1. The summed E-state index contributed by atoms with van der Waals surface area (Å²) in [6.45, 7) is 4.32. The summed E-state index contributed by atoms with van der Waals surface area (Å²) in [6, 6.07) is 13.3. The number of benzene rings is 2. The van der Waals surface area contributed by atoms with E-state index < -0.39 is 11.6 Å². The van der Waals surface area contributed by atoms with E-state index in [4.69, 9.17) is 15.2 Å². The van der Waals surface area contributed by atoms with Crippen molar-refractivity contribution in [3.8, 4) is 5.75 Å². The summed E-state index contributed by atoms with van der Waals surface area (Å²) < 4.78 is 24.5. The first-order chi connectivity index (χ1) is 13.3. The zero-order valence-corrected chi connectivity index (χ0v) is 16.5. The minimum absolute atomic E-state index is 0.181. The lowest BCUT2D eigenvalue weighted by Gasteiger charge is -2.51. The Bertz CT molecular complexity index is 806. The van der Waals surface area contributed by atoms with Crippen molar-refractivity contribution in [1.29, 1.82) is 0 Å². The standard InChI is InChI=1S/C22H27FN2O3/c1-22(2)20(13-6-15-4-9-17(23)10-5-15)28-14-19(25(22)21(24)26)16-7-11-18(27-3)12-8-16/h4-5,7-12,19-20H,6,13-14H2,1-3H3,(H2,24,26). The molecule has 0 aliphatic carbocycles. The molecule has 0 aromatic heterocycles. The summed E-state index contributed by atoms with van der Waals surface area (Å²) in [7, 11) is 1.61. The van der Waals surface area contributed by atoms with Crippen molar-refractivity contribution in [2.24, 2.45) is 5.73 Å². The van der Waals surface area contributed by atoms with Crippen LogP contribution in [0.4, 0.5) is 9.18 Å². The molecule has 28 heavy (non-hydrogen) atoms. The molecule has 2 N–H and O–H groups in total. The number of rotatable bonds is 5. The van der Waals surface area contributed by atoms with E-state index in [0.717, 1.165) is 23.3 Å². The number of ether oxygens (including phenoxy) is 2. The van der Waals surface area contributed by atoms with Gasteiger partial charge in [0.25, 0.3) is 0 Å². The number of carbonyl (C=O) groups is 1. The number of morpholine rings is 1. The van der Waals surface area contributed by atoms with Gasteiger partial charge in [0.05, 0.1) is 31.4 Å². The largest absolute Gasteiger partial charge is 0.497 e. The summed E-state index contributed by atoms with van der Waals surface area (Å²) in [6.07, 6.45) is 1.26. The Balaban J connectivity index is 1.77. The van der Waals surface area contributed by atoms with Crippen LogP contribution in [0, 0.1) is 5.82 Å². The van der Waals surface area contributed by atoms with Crippen LogP contribution in [0.25, 0.3) is 0 Å². The molecule has 0 spiro atoms. The maximum atomic E-state index is 13.1. The molecule has 2 amide bonds. The van der Waals surface area contributed by atoms with E-state index in [1.165, 1.54) is 12.1 Å². The van der Waals surface area contributed by atoms with Crippen molar-refractivity contribution in [3.63, 3.8) is 0 Å². The highest BCUT2D eigenvalue weighted by atomic mass is 19.1. The fourth-order valence-electron chi connectivity index (χ4n) is 3.94. The molecule has 3 rings (SSSR count). The smallest absolute Gasteiger partial charge is 0.315 e. The van der Waals surface area contributed by atoms with E-state index in [1.54, 1.807) is 24.1 Å². The molecule has 6 heteroatoms. The Morgan fingerprint density at radius 1 is 1.21 bits per heavy atom. The van der Waals surface area contributed by atoms with Crippen LogP contribution >= 0.6 is 0 Å². The van der Waals surface area contributed by atoms with Crippen LogP contribution in [-0.2, 0) is 11.2 Å². The summed E-state index contributed by atoms with van der Waals surface area (Å²) in [5.74, 6) is 0.503. The summed E-state index contributed by atoms with van der Waals surface area (Å²) in [5.41, 5.74) is 7.17. The zero-order chi connectivity index (χ0) is 20.3. The van der Waals surface area contributed by atoms with E-state index >= 15 is 0 Å². The lowest BCUT2D eigenvalue weighted by molar-refractivity contribution is -0.124. The number of amides is 2. The van der Waals surface area contributed by atoms with Crippen molar-refractivity contribution < 1.29 is 18.7 Å². The van der Waals surface area contributed by atoms with Crippen molar-refractivity contribution in [2.75, 3.05) is 13.7 Å². The predicted molar refractivity (Wildman–Crippen MR) is 106 cm³/mol. The molecule has 0 bridgehead atoms. The van der Waals surface area contributed by atoms with Crippen molar-refractivity contribution >= 4 is 6.03 Å². The monoisotopic (exact) mass is 386 g/mol. The van der Waals surface area contributed by atoms with Crippen LogP contribution in [0.5, 0.6) is 5.75 Å². The van der Waals surface area contributed by atoms with Gasteiger partial charge in [-0.3, -0.25) is 0 Å². The number of aryl methyl sites for hydroxylation is 1. The number of nitrogens with two attached hydrogens (primary N) is 1. The normalized spacial score (nSPS) is 21.4. The van der Waals surface area contributed by atoms with Gasteiger partial charge in [0.2, 0.25) is 0 Å². The van der Waals surface area contributed by atoms with Crippen LogP contribution in [0.2, 0.25) is 0 Å². The second kappa shape index (κ2) is 8.19.